The average molecular weight is 227 g/mol. The van der Waals surface area contributed by atoms with Crippen molar-refractivity contribution in [2.45, 2.75) is 6.42 Å². The number of carboxylic acids is 1. The maximum atomic E-state index is 11.5. The highest BCUT2D eigenvalue weighted by Gasteiger charge is 2.26. The molecule has 1 aromatic carbocycles. The van der Waals surface area contributed by atoms with E-state index in [-0.39, 0.29) is 40.7 Å². The van der Waals surface area contributed by atoms with Crippen LogP contribution in [0.2, 0.25) is 5.02 Å². The van der Waals surface area contributed by atoms with Crippen molar-refractivity contribution in [2.24, 2.45) is 0 Å². The molecule has 0 atom stereocenters. The van der Waals surface area contributed by atoms with Crippen molar-refractivity contribution in [1.29, 1.82) is 0 Å². The molecule has 0 spiro atoms. The van der Waals surface area contributed by atoms with Crippen molar-refractivity contribution in [2.75, 3.05) is 6.61 Å². The Balaban J connectivity index is 2.69. The van der Waals surface area contributed by atoms with Crippen molar-refractivity contribution < 1.29 is 19.4 Å². The number of carboxylic acid groups (broad SMARTS) is 1. The van der Waals surface area contributed by atoms with Gasteiger partial charge in [-0.1, -0.05) is 11.6 Å². The molecule has 1 heterocycles. The van der Waals surface area contributed by atoms with Crippen LogP contribution >= 0.6 is 11.6 Å². The molecule has 15 heavy (non-hydrogen) atoms. The predicted octanol–water partition coefficient (Wildman–Crippen LogP) is 2.00. The molecule has 0 radical (unpaired) electrons. The molecule has 1 aromatic rings. The Kier molecular flexibility index (Phi) is 2.36. The molecule has 2 rings (SSSR count). The number of Topliss-reactive ketones (excluding diaryl/α,β-unsaturated/α-hetero) is 1. The summed E-state index contributed by atoms with van der Waals surface area (Å²) in [7, 11) is 0. The Hall–Kier alpha value is -1.55. The highest BCUT2D eigenvalue weighted by molar-refractivity contribution is 6.34. The van der Waals surface area contributed by atoms with Crippen LogP contribution in [0.5, 0.6) is 5.75 Å². The van der Waals surface area contributed by atoms with Gasteiger partial charge in [-0.2, -0.15) is 0 Å². The van der Waals surface area contributed by atoms with Crippen LogP contribution in [0.25, 0.3) is 0 Å². The van der Waals surface area contributed by atoms with E-state index in [4.69, 9.17) is 21.4 Å². The van der Waals surface area contributed by atoms with E-state index in [0.717, 1.165) is 0 Å². The third-order valence-electron chi connectivity index (χ3n) is 2.19. The van der Waals surface area contributed by atoms with Crippen molar-refractivity contribution in [3.05, 3.63) is 28.3 Å². The van der Waals surface area contributed by atoms with Crippen molar-refractivity contribution in [3.8, 4) is 5.75 Å². The summed E-state index contributed by atoms with van der Waals surface area (Å²) in [4.78, 5) is 22.4. The Morgan fingerprint density at radius 2 is 2.20 bits per heavy atom. The smallest absolute Gasteiger partial charge is 0.339 e. The van der Waals surface area contributed by atoms with Crippen LogP contribution in [0.1, 0.15) is 27.1 Å². The van der Waals surface area contributed by atoms with Crippen molar-refractivity contribution >= 4 is 23.4 Å². The van der Waals surface area contributed by atoms with Gasteiger partial charge < -0.3 is 9.84 Å². The van der Waals surface area contributed by atoms with E-state index in [2.05, 4.69) is 0 Å². The first-order chi connectivity index (χ1) is 7.11. The van der Waals surface area contributed by atoms with Crippen molar-refractivity contribution in [3.63, 3.8) is 0 Å². The van der Waals surface area contributed by atoms with Crippen LogP contribution in [-0.4, -0.2) is 23.5 Å². The van der Waals surface area contributed by atoms with Crippen molar-refractivity contribution in [1.82, 2.24) is 0 Å². The first-order valence-electron chi connectivity index (χ1n) is 4.33. The average Bonchev–Trinajstić information content (AvgIpc) is 2.17. The minimum Gasteiger partial charge on any atom is -0.491 e. The van der Waals surface area contributed by atoms with E-state index in [9.17, 15) is 9.59 Å². The summed E-state index contributed by atoms with van der Waals surface area (Å²) >= 11 is 5.82. The molecule has 1 aliphatic heterocycles. The van der Waals surface area contributed by atoms with Gasteiger partial charge in [0.25, 0.3) is 0 Å². The second kappa shape index (κ2) is 3.55. The number of fused-ring (bicyclic) bond motifs is 1. The molecule has 4 nitrogen and oxygen atoms in total. The molecular weight excluding hydrogens is 220 g/mol. The molecule has 78 valence electrons. The number of ketones is 1. The summed E-state index contributed by atoms with van der Waals surface area (Å²) in [5, 5.41) is 9.12. The summed E-state index contributed by atoms with van der Waals surface area (Å²) in [5.41, 5.74) is 0.158. The minimum absolute atomic E-state index is 0.0255. The summed E-state index contributed by atoms with van der Waals surface area (Å²) < 4.78 is 5.18. The van der Waals surface area contributed by atoms with E-state index < -0.39 is 5.97 Å². The van der Waals surface area contributed by atoms with Gasteiger partial charge in [-0.25, -0.2) is 4.79 Å². The second-order valence-electron chi connectivity index (χ2n) is 3.13. The third-order valence-corrected chi connectivity index (χ3v) is 2.51. The molecule has 5 heteroatoms. The van der Waals surface area contributed by atoms with Crippen LogP contribution in [0.15, 0.2) is 12.1 Å². The van der Waals surface area contributed by atoms with Gasteiger partial charge in [0.05, 0.1) is 17.2 Å². The predicted molar refractivity (Wildman–Crippen MR) is 52.9 cm³/mol. The van der Waals surface area contributed by atoms with E-state index in [1.165, 1.54) is 12.1 Å². The number of halogens is 1. The van der Waals surface area contributed by atoms with Gasteiger partial charge in [0.2, 0.25) is 0 Å². The molecule has 0 amide bonds. The third kappa shape index (κ3) is 1.57. The Bertz CT molecular complexity index is 453. The monoisotopic (exact) mass is 226 g/mol. The maximum Gasteiger partial charge on any atom is 0.339 e. The lowest BCUT2D eigenvalue weighted by molar-refractivity contribution is 0.0691. The van der Waals surface area contributed by atoms with Gasteiger partial charge in [-0.05, 0) is 12.1 Å². The molecular formula is C10H7ClO4. The zero-order valence-electron chi connectivity index (χ0n) is 7.62. The van der Waals surface area contributed by atoms with Crippen LogP contribution in [0.4, 0.5) is 0 Å². The second-order valence-corrected chi connectivity index (χ2v) is 3.53. The largest absolute Gasteiger partial charge is 0.491 e. The first-order valence-corrected chi connectivity index (χ1v) is 4.71. The zero-order chi connectivity index (χ0) is 11.0. The number of carbonyl (C=O) groups is 2. The number of hydrogen-bond acceptors (Lipinski definition) is 3. The SMILES string of the molecule is O=C(O)c1ccc(Cl)c2c1OCCC2=O. The lowest BCUT2D eigenvalue weighted by Crippen LogP contribution is -2.18. The number of benzene rings is 1. The van der Waals surface area contributed by atoms with E-state index in [1.807, 2.05) is 0 Å². The first kappa shape index (κ1) is 9.98. The molecule has 0 aromatic heterocycles. The lowest BCUT2D eigenvalue weighted by atomic mass is 10.0. The van der Waals surface area contributed by atoms with Gasteiger partial charge in [-0.3, -0.25) is 4.79 Å². The van der Waals surface area contributed by atoms with E-state index in [1.54, 1.807) is 0 Å². The molecule has 0 fully saturated rings. The number of rotatable bonds is 1. The number of ether oxygens (including phenoxy) is 1. The van der Waals surface area contributed by atoms with Gasteiger partial charge in [-0.15, -0.1) is 0 Å². The Labute approximate surface area is 90.4 Å². The fourth-order valence-electron chi connectivity index (χ4n) is 1.51. The summed E-state index contributed by atoms with van der Waals surface area (Å²) in [5.74, 6) is -1.21. The minimum atomic E-state index is -1.13. The fourth-order valence-corrected chi connectivity index (χ4v) is 1.76. The standard InChI is InChI=1S/C10H7ClO4/c11-6-2-1-5(10(13)14)9-8(6)7(12)3-4-15-9/h1-2H,3-4H2,(H,13,14). The summed E-state index contributed by atoms with van der Waals surface area (Å²) in [6.07, 6.45) is 0.232. The molecule has 0 saturated heterocycles. The summed E-state index contributed by atoms with van der Waals surface area (Å²) in [6, 6.07) is 2.73. The molecule has 0 saturated carbocycles. The summed E-state index contributed by atoms with van der Waals surface area (Å²) in [6.45, 7) is 0.201. The number of aromatic carboxylic acids is 1. The lowest BCUT2D eigenvalue weighted by Gasteiger charge is -2.18. The number of carbonyl (C=O) groups excluding carboxylic acids is 1. The van der Waals surface area contributed by atoms with Crippen LogP contribution < -0.4 is 4.74 Å². The fraction of sp³-hybridized carbons (Fsp3) is 0.200. The molecule has 0 unspecified atom stereocenters. The maximum absolute atomic E-state index is 11.5. The molecule has 0 aliphatic carbocycles. The van der Waals surface area contributed by atoms with E-state index >= 15 is 0 Å². The highest BCUT2D eigenvalue weighted by Crippen LogP contribution is 2.34. The van der Waals surface area contributed by atoms with Gasteiger partial charge in [0.1, 0.15) is 11.3 Å². The normalized spacial score (nSPS) is 14.3. The Morgan fingerprint density at radius 3 is 2.87 bits per heavy atom. The quantitative estimate of drug-likeness (QED) is 0.796. The van der Waals surface area contributed by atoms with Gasteiger partial charge >= 0.3 is 5.97 Å². The topological polar surface area (TPSA) is 63.6 Å². The molecule has 0 bridgehead atoms. The van der Waals surface area contributed by atoms with Crippen LogP contribution in [-0.2, 0) is 0 Å². The van der Waals surface area contributed by atoms with Gasteiger partial charge in [0.15, 0.2) is 5.78 Å². The molecule has 1 aliphatic rings. The van der Waals surface area contributed by atoms with Gasteiger partial charge in [0, 0.05) is 6.42 Å². The van der Waals surface area contributed by atoms with Crippen LogP contribution in [0.3, 0.4) is 0 Å². The number of hydrogen-bond donors (Lipinski definition) is 1. The Morgan fingerprint density at radius 1 is 1.47 bits per heavy atom. The highest BCUT2D eigenvalue weighted by atomic mass is 35.5. The zero-order valence-corrected chi connectivity index (χ0v) is 8.37. The van der Waals surface area contributed by atoms with E-state index in [0.29, 0.717) is 0 Å². The molecule has 1 N–H and O–H groups in total. The van der Waals surface area contributed by atoms with Crippen LogP contribution in [0, 0.1) is 0 Å².